The summed E-state index contributed by atoms with van der Waals surface area (Å²) in [5.74, 6) is 0.987. The van der Waals surface area contributed by atoms with E-state index in [1.165, 1.54) is 16.4 Å². The number of amides is 1. The maximum absolute atomic E-state index is 13.1. The zero-order valence-electron chi connectivity index (χ0n) is 17.3. The molecule has 2 fully saturated rings. The van der Waals surface area contributed by atoms with Gasteiger partial charge in [0.2, 0.25) is 10.0 Å². The summed E-state index contributed by atoms with van der Waals surface area (Å²) in [7, 11) is -3.78. The smallest absolute Gasteiger partial charge is 0.340 e. The van der Waals surface area contributed by atoms with Gasteiger partial charge in [-0.25, -0.2) is 13.2 Å². The molecule has 1 aromatic carbocycles. The lowest BCUT2D eigenvalue weighted by Crippen LogP contribution is -2.40. The Morgan fingerprint density at radius 2 is 1.84 bits per heavy atom. The monoisotopic (exact) mass is 449 g/mol. The number of carbonyl (C=O) groups excluding carboxylic acids is 2. The SMILES string of the molecule is C#CCNC(=O)COC(=O)c1cc(S(=O)(=O)N2CCOCC2)ccc1N1CCCCC1. The fourth-order valence-corrected chi connectivity index (χ4v) is 5.03. The van der Waals surface area contributed by atoms with Gasteiger partial charge >= 0.3 is 5.97 Å². The van der Waals surface area contributed by atoms with Crippen LogP contribution >= 0.6 is 0 Å². The van der Waals surface area contributed by atoms with Crippen LogP contribution in [0.15, 0.2) is 23.1 Å². The molecule has 0 aliphatic carbocycles. The zero-order chi connectivity index (χ0) is 22.3. The number of morpholine rings is 1. The number of carbonyl (C=O) groups is 2. The van der Waals surface area contributed by atoms with Crippen molar-refractivity contribution in [3.63, 3.8) is 0 Å². The highest BCUT2D eigenvalue weighted by molar-refractivity contribution is 7.89. The lowest BCUT2D eigenvalue weighted by Gasteiger charge is -2.31. The second-order valence-electron chi connectivity index (χ2n) is 7.30. The van der Waals surface area contributed by atoms with E-state index < -0.39 is 28.5 Å². The number of nitrogens with one attached hydrogen (secondary N) is 1. The van der Waals surface area contributed by atoms with Gasteiger partial charge < -0.3 is 19.7 Å². The van der Waals surface area contributed by atoms with Crippen molar-refractivity contribution in [1.82, 2.24) is 9.62 Å². The number of benzene rings is 1. The lowest BCUT2D eigenvalue weighted by molar-refractivity contribution is -0.123. The maximum atomic E-state index is 13.1. The van der Waals surface area contributed by atoms with Crippen LogP contribution in [0.1, 0.15) is 29.6 Å². The van der Waals surface area contributed by atoms with Crippen LogP contribution in [0.2, 0.25) is 0 Å². The average Bonchev–Trinajstić information content (AvgIpc) is 2.81. The van der Waals surface area contributed by atoms with Crippen molar-refractivity contribution < 1.29 is 27.5 Å². The quantitative estimate of drug-likeness (QED) is 0.480. The standard InChI is InChI=1S/C21H27N3O6S/c1-2-8-22-20(25)16-30-21(26)18-15-17(31(27,28)24-11-13-29-14-12-24)6-7-19(18)23-9-4-3-5-10-23/h1,6-7,15H,3-5,8-14,16H2,(H,22,25). The first-order valence-electron chi connectivity index (χ1n) is 10.3. The number of esters is 1. The number of piperidine rings is 1. The highest BCUT2D eigenvalue weighted by Crippen LogP contribution is 2.29. The van der Waals surface area contributed by atoms with E-state index in [0.29, 0.717) is 18.9 Å². The molecule has 10 heteroatoms. The largest absolute Gasteiger partial charge is 0.452 e. The van der Waals surface area contributed by atoms with Gasteiger partial charge in [-0.15, -0.1) is 6.42 Å². The second kappa shape index (κ2) is 10.6. The third-order valence-corrected chi connectivity index (χ3v) is 7.11. The number of rotatable bonds is 7. The Labute approximate surface area is 182 Å². The summed E-state index contributed by atoms with van der Waals surface area (Å²) < 4.78 is 37.8. The molecule has 1 N–H and O–H groups in total. The van der Waals surface area contributed by atoms with Gasteiger partial charge in [0.1, 0.15) is 0 Å². The van der Waals surface area contributed by atoms with Crippen LogP contribution in [0.3, 0.4) is 0 Å². The van der Waals surface area contributed by atoms with Crippen LogP contribution in [0.25, 0.3) is 0 Å². The fraction of sp³-hybridized carbons (Fsp3) is 0.524. The average molecular weight is 450 g/mol. The predicted octanol–water partition coefficient (Wildman–Crippen LogP) is 0.604. The molecule has 0 spiro atoms. The van der Waals surface area contributed by atoms with E-state index in [9.17, 15) is 18.0 Å². The van der Waals surface area contributed by atoms with E-state index in [-0.39, 0.29) is 30.1 Å². The van der Waals surface area contributed by atoms with Crippen LogP contribution < -0.4 is 10.2 Å². The van der Waals surface area contributed by atoms with E-state index in [1.54, 1.807) is 6.07 Å². The molecule has 0 radical (unpaired) electrons. The van der Waals surface area contributed by atoms with Gasteiger partial charge in [-0.1, -0.05) is 5.92 Å². The first-order valence-corrected chi connectivity index (χ1v) is 11.7. The number of ether oxygens (including phenoxy) is 2. The van der Waals surface area contributed by atoms with Crippen LogP contribution in [0.5, 0.6) is 0 Å². The molecule has 2 saturated heterocycles. The Hall–Kier alpha value is -2.61. The Morgan fingerprint density at radius 1 is 1.13 bits per heavy atom. The van der Waals surface area contributed by atoms with Gasteiger partial charge in [-0.3, -0.25) is 4.79 Å². The molecule has 1 aromatic rings. The summed E-state index contributed by atoms with van der Waals surface area (Å²) >= 11 is 0. The predicted molar refractivity (Wildman–Crippen MR) is 114 cm³/mol. The molecule has 0 saturated carbocycles. The van der Waals surface area contributed by atoms with Gasteiger partial charge in [-0.2, -0.15) is 4.31 Å². The Morgan fingerprint density at radius 3 is 2.52 bits per heavy atom. The van der Waals surface area contributed by atoms with Gasteiger partial charge in [-0.05, 0) is 37.5 Å². The zero-order valence-corrected chi connectivity index (χ0v) is 18.2. The first-order chi connectivity index (χ1) is 14.9. The van der Waals surface area contributed by atoms with Gasteiger partial charge in [0.05, 0.1) is 35.9 Å². The molecular formula is C21H27N3O6S. The Kier molecular flexibility index (Phi) is 7.90. The lowest BCUT2D eigenvalue weighted by atomic mass is 10.1. The molecule has 168 valence electrons. The highest BCUT2D eigenvalue weighted by Gasteiger charge is 2.29. The minimum absolute atomic E-state index is 0.0129. The van der Waals surface area contributed by atoms with Crippen LogP contribution in [-0.2, 0) is 24.3 Å². The molecule has 1 amide bonds. The summed E-state index contributed by atoms with van der Waals surface area (Å²) in [4.78, 5) is 26.7. The second-order valence-corrected chi connectivity index (χ2v) is 9.24. The molecule has 0 bridgehead atoms. The number of hydrogen-bond donors (Lipinski definition) is 1. The topological polar surface area (TPSA) is 105 Å². The maximum Gasteiger partial charge on any atom is 0.340 e. The van der Waals surface area contributed by atoms with Crippen LogP contribution in [-0.4, -0.2) is 77.1 Å². The van der Waals surface area contributed by atoms with Crippen molar-refractivity contribution in [2.24, 2.45) is 0 Å². The molecule has 0 aromatic heterocycles. The summed E-state index contributed by atoms with van der Waals surface area (Å²) in [6, 6.07) is 4.51. The summed E-state index contributed by atoms with van der Waals surface area (Å²) in [6.07, 6.45) is 8.17. The van der Waals surface area contributed by atoms with Crippen molar-refractivity contribution in [3.8, 4) is 12.3 Å². The number of anilines is 1. The fourth-order valence-electron chi connectivity index (χ4n) is 3.60. The van der Waals surface area contributed by atoms with Gasteiger partial charge in [0, 0.05) is 26.2 Å². The Bertz CT molecular complexity index is 944. The number of terminal acetylenes is 1. The van der Waals surface area contributed by atoms with Crippen molar-refractivity contribution in [2.45, 2.75) is 24.2 Å². The van der Waals surface area contributed by atoms with Crippen LogP contribution in [0.4, 0.5) is 5.69 Å². The normalized spacial score (nSPS) is 17.6. The third kappa shape index (κ3) is 5.76. The number of sulfonamides is 1. The summed E-state index contributed by atoms with van der Waals surface area (Å²) in [5.41, 5.74) is 0.732. The van der Waals surface area contributed by atoms with Crippen LogP contribution in [0, 0.1) is 12.3 Å². The third-order valence-electron chi connectivity index (χ3n) is 5.21. The highest BCUT2D eigenvalue weighted by atomic mass is 32.2. The molecular weight excluding hydrogens is 422 g/mol. The number of hydrogen-bond acceptors (Lipinski definition) is 7. The van der Waals surface area contributed by atoms with E-state index in [1.807, 2.05) is 4.90 Å². The summed E-state index contributed by atoms with van der Waals surface area (Å²) in [6.45, 7) is 2.22. The van der Waals surface area contributed by atoms with Crippen molar-refractivity contribution in [1.29, 1.82) is 0 Å². The van der Waals surface area contributed by atoms with E-state index in [0.717, 1.165) is 32.4 Å². The molecule has 31 heavy (non-hydrogen) atoms. The van der Waals surface area contributed by atoms with E-state index in [2.05, 4.69) is 11.2 Å². The molecule has 2 heterocycles. The molecule has 9 nitrogen and oxygen atoms in total. The molecule has 0 unspecified atom stereocenters. The minimum Gasteiger partial charge on any atom is -0.452 e. The van der Waals surface area contributed by atoms with Crippen molar-refractivity contribution >= 4 is 27.6 Å². The van der Waals surface area contributed by atoms with Crippen molar-refractivity contribution in [2.75, 3.05) is 57.4 Å². The Balaban J connectivity index is 1.87. The van der Waals surface area contributed by atoms with Gasteiger partial charge in [0.15, 0.2) is 6.61 Å². The van der Waals surface area contributed by atoms with Gasteiger partial charge in [0.25, 0.3) is 5.91 Å². The molecule has 2 aliphatic rings. The molecule has 2 aliphatic heterocycles. The number of nitrogens with zero attached hydrogens (tertiary/aromatic N) is 2. The van der Waals surface area contributed by atoms with E-state index >= 15 is 0 Å². The first kappa shape index (κ1) is 23.1. The minimum atomic E-state index is -3.78. The molecule has 0 atom stereocenters. The summed E-state index contributed by atoms with van der Waals surface area (Å²) in [5, 5.41) is 2.42. The van der Waals surface area contributed by atoms with Crippen molar-refractivity contribution in [3.05, 3.63) is 23.8 Å². The van der Waals surface area contributed by atoms with E-state index in [4.69, 9.17) is 15.9 Å². The molecule has 3 rings (SSSR count).